The number of nitrogens with zero attached hydrogens (tertiary/aromatic N) is 5. The van der Waals surface area contributed by atoms with Crippen molar-refractivity contribution >= 4 is 40.8 Å². The highest BCUT2D eigenvalue weighted by Gasteiger charge is 2.30. The number of anilines is 3. The van der Waals surface area contributed by atoms with E-state index in [-0.39, 0.29) is 11.6 Å². The predicted molar refractivity (Wildman–Crippen MR) is 116 cm³/mol. The van der Waals surface area contributed by atoms with Crippen molar-refractivity contribution < 1.29 is 14.7 Å². The van der Waals surface area contributed by atoms with Crippen LogP contribution in [0.1, 0.15) is 38.9 Å². The number of halogens is 1. The number of rotatable bonds is 2. The third-order valence-electron chi connectivity index (χ3n) is 4.74. The maximum absolute atomic E-state index is 13.2. The van der Waals surface area contributed by atoms with Gasteiger partial charge in [-0.15, -0.1) is 0 Å². The van der Waals surface area contributed by atoms with Gasteiger partial charge in [0, 0.05) is 37.1 Å². The van der Waals surface area contributed by atoms with E-state index < -0.39 is 5.97 Å². The van der Waals surface area contributed by atoms with Crippen LogP contribution in [0.3, 0.4) is 0 Å². The van der Waals surface area contributed by atoms with Crippen LogP contribution in [0, 0.1) is 11.8 Å². The normalized spacial score (nSPS) is 12.4. The number of carboxylic acids is 1. The molecule has 31 heavy (non-hydrogen) atoms. The van der Waals surface area contributed by atoms with Crippen LogP contribution in [-0.4, -0.2) is 45.5 Å². The molecule has 3 aromatic rings. The molecule has 4 rings (SSSR count). The molecule has 1 N–H and O–H groups in total. The van der Waals surface area contributed by atoms with E-state index in [0.29, 0.717) is 45.7 Å². The fourth-order valence-corrected chi connectivity index (χ4v) is 3.38. The van der Waals surface area contributed by atoms with E-state index in [1.165, 1.54) is 17.2 Å². The molecule has 0 saturated heterocycles. The highest BCUT2D eigenvalue weighted by molar-refractivity contribution is 6.29. The first kappa shape index (κ1) is 20.3. The quantitative estimate of drug-likeness (QED) is 0.488. The summed E-state index contributed by atoms with van der Waals surface area (Å²) in [5.41, 5.74) is 1.92. The second-order valence-corrected chi connectivity index (χ2v) is 7.05. The standard InChI is InChI=1S/C22H16ClN5O3/c1-3-28-19-15(21(29)27(2)17-6-7-18(23)26-20(17)28)10-14(12-25-19)5-4-13-8-9-24-16(11-13)22(30)31/h6-12H,3H2,1-2H3,(H,30,31). The van der Waals surface area contributed by atoms with Crippen LogP contribution in [0.25, 0.3) is 0 Å². The van der Waals surface area contributed by atoms with Crippen molar-refractivity contribution in [3.63, 3.8) is 0 Å². The molecule has 0 aliphatic carbocycles. The fraction of sp³-hybridized carbons (Fsp3) is 0.136. The lowest BCUT2D eigenvalue weighted by atomic mass is 10.1. The summed E-state index contributed by atoms with van der Waals surface area (Å²) in [4.78, 5) is 40.3. The molecule has 1 aliphatic rings. The Balaban J connectivity index is 1.78. The lowest BCUT2D eigenvalue weighted by Gasteiger charge is -2.22. The smallest absolute Gasteiger partial charge is 0.354 e. The predicted octanol–water partition coefficient (Wildman–Crippen LogP) is 3.37. The van der Waals surface area contributed by atoms with Crippen molar-refractivity contribution in [3.8, 4) is 11.8 Å². The maximum Gasteiger partial charge on any atom is 0.354 e. The molecule has 154 valence electrons. The average Bonchev–Trinajstić information content (AvgIpc) is 2.85. The van der Waals surface area contributed by atoms with Crippen molar-refractivity contribution in [2.45, 2.75) is 6.92 Å². The fourth-order valence-electron chi connectivity index (χ4n) is 3.24. The first-order chi connectivity index (χ1) is 14.9. The Morgan fingerprint density at radius 1 is 1.13 bits per heavy atom. The summed E-state index contributed by atoms with van der Waals surface area (Å²) < 4.78 is 0. The Labute approximate surface area is 183 Å². The van der Waals surface area contributed by atoms with Crippen LogP contribution in [0.5, 0.6) is 0 Å². The van der Waals surface area contributed by atoms with E-state index in [9.17, 15) is 9.59 Å². The minimum Gasteiger partial charge on any atom is -0.477 e. The van der Waals surface area contributed by atoms with Gasteiger partial charge in [-0.3, -0.25) is 4.79 Å². The summed E-state index contributed by atoms with van der Waals surface area (Å²) in [6.45, 7) is 2.46. The number of carboxylic acid groups (broad SMARTS) is 1. The second kappa shape index (κ2) is 8.05. The second-order valence-electron chi connectivity index (χ2n) is 6.67. The summed E-state index contributed by atoms with van der Waals surface area (Å²) in [5.74, 6) is 5.47. The molecule has 8 nitrogen and oxygen atoms in total. The van der Waals surface area contributed by atoms with Gasteiger partial charge in [0.05, 0.1) is 11.3 Å². The summed E-state index contributed by atoms with van der Waals surface area (Å²) in [7, 11) is 1.67. The largest absolute Gasteiger partial charge is 0.477 e. The summed E-state index contributed by atoms with van der Waals surface area (Å²) >= 11 is 6.10. The molecule has 1 amide bonds. The molecule has 4 heterocycles. The van der Waals surface area contributed by atoms with Gasteiger partial charge in [0.25, 0.3) is 5.91 Å². The zero-order valence-corrected chi connectivity index (χ0v) is 17.4. The van der Waals surface area contributed by atoms with Crippen molar-refractivity contribution in [1.82, 2.24) is 15.0 Å². The van der Waals surface area contributed by atoms with Crippen molar-refractivity contribution in [3.05, 3.63) is 70.3 Å². The highest BCUT2D eigenvalue weighted by atomic mass is 35.5. The monoisotopic (exact) mass is 433 g/mol. The highest BCUT2D eigenvalue weighted by Crippen LogP contribution is 2.38. The van der Waals surface area contributed by atoms with E-state index in [1.54, 1.807) is 37.5 Å². The first-order valence-electron chi connectivity index (χ1n) is 9.32. The molecular weight excluding hydrogens is 418 g/mol. The Hall–Kier alpha value is -3.96. The SMILES string of the molecule is CCN1c2ncc(C#Cc3ccnc(C(=O)O)c3)cc2C(=O)N(C)c2ccc(Cl)nc21. The minimum absolute atomic E-state index is 0.0915. The number of amides is 1. The van der Waals surface area contributed by atoms with Crippen molar-refractivity contribution in [2.75, 3.05) is 23.4 Å². The molecular formula is C22H16ClN5O3. The van der Waals surface area contributed by atoms with Gasteiger partial charge in [0.15, 0.2) is 5.82 Å². The number of hydrogen-bond donors (Lipinski definition) is 1. The molecule has 1 aliphatic heterocycles. The van der Waals surface area contributed by atoms with Gasteiger partial charge < -0.3 is 14.9 Å². The van der Waals surface area contributed by atoms with Gasteiger partial charge >= 0.3 is 5.97 Å². The molecule has 0 unspecified atom stereocenters. The molecule has 9 heteroatoms. The molecule has 0 spiro atoms. The number of hydrogen-bond acceptors (Lipinski definition) is 6. The summed E-state index contributed by atoms with van der Waals surface area (Å²) in [6, 6.07) is 8.06. The van der Waals surface area contributed by atoms with Gasteiger partial charge in [-0.25, -0.2) is 19.7 Å². The summed E-state index contributed by atoms with van der Waals surface area (Å²) in [5, 5.41) is 9.39. The van der Waals surface area contributed by atoms with Crippen LogP contribution < -0.4 is 9.80 Å². The minimum atomic E-state index is -1.13. The van der Waals surface area contributed by atoms with Crippen LogP contribution in [0.15, 0.2) is 42.7 Å². The van der Waals surface area contributed by atoms with Crippen LogP contribution in [0.4, 0.5) is 17.3 Å². The van der Waals surface area contributed by atoms with E-state index in [4.69, 9.17) is 16.7 Å². The molecule has 0 saturated carbocycles. The van der Waals surface area contributed by atoms with E-state index in [1.807, 2.05) is 11.8 Å². The molecule has 0 radical (unpaired) electrons. The Bertz CT molecular complexity index is 1280. The van der Waals surface area contributed by atoms with E-state index >= 15 is 0 Å². The molecule has 0 aromatic carbocycles. The van der Waals surface area contributed by atoms with Crippen molar-refractivity contribution in [1.29, 1.82) is 0 Å². The zero-order chi connectivity index (χ0) is 22.1. The average molecular weight is 434 g/mol. The number of fused-ring (bicyclic) bond motifs is 2. The van der Waals surface area contributed by atoms with Crippen LogP contribution >= 0.6 is 11.6 Å². The number of carbonyl (C=O) groups excluding carboxylic acids is 1. The molecule has 0 bridgehead atoms. The van der Waals surface area contributed by atoms with E-state index in [0.717, 1.165) is 0 Å². The Morgan fingerprint density at radius 3 is 2.65 bits per heavy atom. The van der Waals surface area contributed by atoms with Gasteiger partial charge in [0.2, 0.25) is 0 Å². The lowest BCUT2D eigenvalue weighted by molar-refractivity contribution is 0.0690. The van der Waals surface area contributed by atoms with Crippen molar-refractivity contribution in [2.24, 2.45) is 0 Å². The maximum atomic E-state index is 13.2. The molecule has 0 atom stereocenters. The third-order valence-corrected chi connectivity index (χ3v) is 4.95. The van der Waals surface area contributed by atoms with Crippen LogP contribution in [0.2, 0.25) is 5.15 Å². The van der Waals surface area contributed by atoms with Gasteiger partial charge in [-0.05, 0) is 37.3 Å². The Morgan fingerprint density at radius 2 is 1.90 bits per heavy atom. The molecule has 3 aromatic heterocycles. The number of aromatic carboxylic acids is 1. The first-order valence-corrected chi connectivity index (χ1v) is 9.70. The lowest BCUT2D eigenvalue weighted by Crippen LogP contribution is -2.25. The summed E-state index contributed by atoms with van der Waals surface area (Å²) in [6.07, 6.45) is 2.95. The third kappa shape index (κ3) is 3.79. The molecule has 0 fully saturated rings. The van der Waals surface area contributed by atoms with Gasteiger partial charge in [0.1, 0.15) is 16.7 Å². The zero-order valence-electron chi connectivity index (χ0n) is 16.6. The van der Waals surface area contributed by atoms with Gasteiger partial charge in [-0.1, -0.05) is 23.4 Å². The number of aromatic nitrogens is 3. The van der Waals surface area contributed by atoms with E-state index in [2.05, 4.69) is 26.8 Å². The number of carbonyl (C=O) groups is 2. The Kier molecular flexibility index (Phi) is 5.28. The van der Waals surface area contributed by atoms with Crippen LogP contribution in [-0.2, 0) is 0 Å². The number of pyridine rings is 3. The van der Waals surface area contributed by atoms with Gasteiger partial charge in [-0.2, -0.15) is 0 Å². The topological polar surface area (TPSA) is 99.5 Å².